The number of hydrogen-bond acceptors (Lipinski definition) is 9. The summed E-state index contributed by atoms with van der Waals surface area (Å²) in [6, 6.07) is 5.76. The fourth-order valence-corrected chi connectivity index (χ4v) is 9.09. The minimum absolute atomic E-state index is 0.0821. The molecule has 2 aliphatic heterocycles. The molecule has 4 amide bonds. The van der Waals surface area contributed by atoms with Gasteiger partial charge in [-0.1, -0.05) is 25.0 Å². The van der Waals surface area contributed by atoms with E-state index in [0.29, 0.717) is 48.5 Å². The number of nitrogens with zero attached hydrogens (tertiary/aromatic N) is 2. The average Bonchev–Trinajstić information content (AvgIpc) is 4.02. The maximum Gasteiger partial charge on any atom is 0.259 e. The molecule has 13 nitrogen and oxygen atoms in total. The number of furan rings is 1. The van der Waals surface area contributed by atoms with Crippen LogP contribution in [0.25, 0.3) is 33.0 Å². The van der Waals surface area contributed by atoms with Gasteiger partial charge in [-0.3, -0.25) is 23.9 Å². The second-order valence-corrected chi connectivity index (χ2v) is 16.7. The van der Waals surface area contributed by atoms with Gasteiger partial charge in [0.1, 0.15) is 46.5 Å². The van der Waals surface area contributed by atoms with E-state index in [1.165, 1.54) is 48.2 Å². The quantitative estimate of drug-likeness (QED) is 0.242. The van der Waals surface area contributed by atoms with Gasteiger partial charge in [0, 0.05) is 36.1 Å². The highest BCUT2D eigenvalue weighted by Gasteiger charge is 2.62. The van der Waals surface area contributed by atoms with Crippen LogP contribution in [0.1, 0.15) is 64.7 Å². The van der Waals surface area contributed by atoms with Crippen molar-refractivity contribution in [1.29, 1.82) is 0 Å². The van der Waals surface area contributed by atoms with Gasteiger partial charge in [-0.05, 0) is 68.9 Å². The zero-order valence-corrected chi connectivity index (χ0v) is 30.2. The van der Waals surface area contributed by atoms with Crippen molar-refractivity contribution in [2.24, 2.45) is 5.92 Å². The number of carbonyl (C=O) groups is 4. The van der Waals surface area contributed by atoms with Gasteiger partial charge in [-0.15, -0.1) is 0 Å². The molecular weight excluding hydrogens is 725 g/mol. The molecule has 5 atom stereocenters. The van der Waals surface area contributed by atoms with Crippen molar-refractivity contribution in [1.82, 2.24) is 25.2 Å². The van der Waals surface area contributed by atoms with Gasteiger partial charge in [0.15, 0.2) is 11.3 Å². The van der Waals surface area contributed by atoms with Gasteiger partial charge in [0.05, 0.1) is 17.3 Å². The predicted molar refractivity (Wildman–Crippen MR) is 192 cm³/mol. The molecule has 3 fully saturated rings. The van der Waals surface area contributed by atoms with Crippen molar-refractivity contribution in [3.8, 4) is 5.75 Å². The first-order valence-corrected chi connectivity index (χ1v) is 19.8. The Hall–Kier alpha value is -5.12. The molecule has 0 spiro atoms. The number of hydrogen-bond donors (Lipinski definition) is 3. The molecule has 2 saturated carbocycles. The van der Waals surface area contributed by atoms with Gasteiger partial charge in [0.25, 0.3) is 5.91 Å². The molecule has 4 heterocycles. The number of rotatable bonds is 6. The Morgan fingerprint density at radius 1 is 1.04 bits per heavy atom. The summed E-state index contributed by atoms with van der Waals surface area (Å²) in [6.45, 7) is 1.16. The molecule has 4 aliphatic rings. The van der Waals surface area contributed by atoms with Crippen molar-refractivity contribution in [2.75, 3.05) is 6.54 Å². The summed E-state index contributed by atoms with van der Waals surface area (Å²) in [5.74, 6) is -4.00. The van der Waals surface area contributed by atoms with Crippen LogP contribution in [0, 0.1) is 17.6 Å². The first-order valence-electron chi connectivity index (χ1n) is 18.2. The average molecular weight is 764 g/mol. The third-order valence-electron chi connectivity index (χ3n) is 10.8. The topological polar surface area (TPSA) is 177 Å². The number of ether oxygens (including phenoxy) is 1. The molecule has 0 unspecified atom stereocenters. The SMILES string of the molecule is CC(=O)N[C@H]1CCCCC/C=C\[C@H]2C[C@@]2(C(=O)NS(=O)(=O)C2CC2)NC(=O)[C@@H]2C[C@@H](Oc3c4cc(F)ccc4nc4c3oc3cc(F)ccc34)CN2C1=O. The molecule has 2 aromatic carbocycles. The summed E-state index contributed by atoms with van der Waals surface area (Å²) in [7, 11) is -3.93. The fourth-order valence-electron chi connectivity index (χ4n) is 7.73. The van der Waals surface area contributed by atoms with Crippen LogP contribution in [-0.2, 0) is 29.2 Å². The Balaban J connectivity index is 1.16. The van der Waals surface area contributed by atoms with Crippen LogP contribution in [0.15, 0.2) is 53.0 Å². The van der Waals surface area contributed by atoms with E-state index < -0.39 is 80.2 Å². The van der Waals surface area contributed by atoms with E-state index in [2.05, 4.69) is 20.3 Å². The monoisotopic (exact) mass is 763 g/mol. The first kappa shape index (κ1) is 35.9. The highest BCUT2D eigenvalue weighted by molar-refractivity contribution is 7.91. The van der Waals surface area contributed by atoms with E-state index in [4.69, 9.17) is 9.15 Å². The third-order valence-corrected chi connectivity index (χ3v) is 12.6. The number of pyridine rings is 1. The van der Waals surface area contributed by atoms with E-state index in [1.54, 1.807) is 0 Å². The number of carbonyl (C=O) groups excluding carboxylic acids is 4. The Kier molecular flexibility index (Phi) is 9.05. The van der Waals surface area contributed by atoms with Gasteiger partial charge in [0.2, 0.25) is 27.7 Å². The number of fused-ring (bicyclic) bond motifs is 6. The highest BCUT2D eigenvalue weighted by Crippen LogP contribution is 2.46. The summed E-state index contributed by atoms with van der Waals surface area (Å²) in [4.78, 5) is 60.6. The van der Waals surface area contributed by atoms with Crippen molar-refractivity contribution in [2.45, 2.75) is 93.7 Å². The summed E-state index contributed by atoms with van der Waals surface area (Å²) in [5.41, 5.74) is -0.557. The van der Waals surface area contributed by atoms with Crippen molar-refractivity contribution in [3.05, 3.63) is 60.2 Å². The third kappa shape index (κ3) is 6.75. The lowest BCUT2D eigenvalue weighted by Crippen LogP contribution is -2.58. The van der Waals surface area contributed by atoms with E-state index in [9.17, 15) is 36.4 Å². The molecule has 16 heteroatoms. The highest BCUT2D eigenvalue weighted by atomic mass is 32.2. The predicted octanol–water partition coefficient (Wildman–Crippen LogP) is 4.27. The lowest BCUT2D eigenvalue weighted by atomic mass is 10.0. The molecule has 8 rings (SSSR count). The Bertz CT molecular complexity index is 2360. The Morgan fingerprint density at radius 2 is 1.81 bits per heavy atom. The molecule has 3 N–H and O–H groups in total. The lowest BCUT2D eigenvalue weighted by molar-refractivity contribution is -0.142. The Morgan fingerprint density at radius 3 is 2.59 bits per heavy atom. The molecule has 284 valence electrons. The standard InChI is InChI=1S/C38H39F2N5O8S/c1-20(46)41-29-8-6-4-2-3-5-7-21-18-38(21,37(49)44-54(50,51)25-11-12-25)43-35(47)30-17-24(19-45(30)36(29)48)52-33-27-15-22(39)10-14-28(27)42-32-26-13-9-23(40)16-31(26)53-34(32)33/h5,7,9-10,13-16,21,24-25,29-30H,2-4,6,8,11-12,17-19H2,1H3,(H,41,46)(H,43,47)(H,44,49)/b7-5-/t21-,24+,29-,30-,38+/m0/s1. The van der Waals surface area contributed by atoms with Crippen LogP contribution in [0.5, 0.6) is 5.75 Å². The summed E-state index contributed by atoms with van der Waals surface area (Å²) in [5, 5.41) is 5.64. The number of halogens is 2. The van der Waals surface area contributed by atoms with Crippen LogP contribution >= 0.6 is 0 Å². The maximum absolute atomic E-state index is 14.7. The molecule has 0 radical (unpaired) electrons. The van der Waals surface area contributed by atoms with E-state index in [1.807, 2.05) is 12.2 Å². The minimum atomic E-state index is -3.93. The molecule has 4 aromatic rings. The van der Waals surface area contributed by atoms with Crippen molar-refractivity contribution >= 4 is 66.6 Å². The molecule has 2 aliphatic carbocycles. The zero-order chi connectivity index (χ0) is 37.9. The first-order chi connectivity index (χ1) is 25.8. The van der Waals surface area contributed by atoms with Crippen molar-refractivity contribution in [3.63, 3.8) is 0 Å². The summed E-state index contributed by atoms with van der Waals surface area (Å²) >= 11 is 0. The molecular formula is C38H39F2N5O8S. The fraction of sp³-hybridized carbons (Fsp3) is 0.447. The number of amides is 4. The largest absolute Gasteiger partial charge is 0.484 e. The number of sulfonamides is 1. The molecule has 0 bridgehead atoms. The Labute approximate surface area is 308 Å². The maximum atomic E-state index is 14.7. The van der Waals surface area contributed by atoms with Crippen LogP contribution < -0.4 is 20.1 Å². The van der Waals surface area contributed by atoms with Crippen LogP contribution in [-0.4, -0.2) is 77.5 Å². The van der Waals surface area contributed by atoms with Crippen LogP contribution in [0.2, 0.25) is 0 Å². The van der Waals surface area contributed by atoms with E-state index in [-0.39, 0.29) is 41.7 Å². The smallest absolute Gasteiger partial charge is 0.259 e. The van der Waals surface area contributed by atoms with Gasteiger partial charge in [-0.25, -0.2) is 22.2 Å². The van der Waals surface area contributed by atoms with Crippen molar-refractivity contribution < 1.29 is 45.5 Å². The zero-order valence-electron chi connectivity index (χ0n) is 29.4. The van der Waals surface area contributed by atoms with E-state index in [0.717, 1.165) is 12.8 Å². The molecule has 1 saturated heterocycles. The second-order valence-electron chi connectivity index (χ2n) is 14.8. The number of benzene rings is 2. The van der Waals surface area contributed by atoms with E-state index >= 15 is 0 Å². The number of allylic oxidation sites excluding steroid dienone is 1. The van der Waals surface area contributed by atoms with Crippen LogP contribution in [0.4, 0.5) is 8.78 Å². The minimum Gasteiger partial charge on any atom is -0.484 e. The van der Waals surface area contributed by atoms with Gasteiger partial charge < -0.3 is 24.7 Å². The normalized spacial score (nSPS) is 27.1. The van der Waals surface area contributed by atoms with Crippen LogP contribution in [0.3, 0.4) is 0 Å². The van der Waals surface area contributed by atoms with Gasteiger partial charge in [-0.2, -0.15) is 0 Å². The number of nitrogens with one attached hydrogen (secondary N) is 3. The summed E-state index contributed by atoms with van der Waals surface area (Å²) in [6.07, 6.45) is 6.94. The lowest BCUT2D eigenvalue weighted by Gasteiger charge is -2.29. The second kappa shape index (κ2) is 13.6. The summed E-state index contributed by atoms with van der Waals surface area (Å²) < 4.78 is 69.3. The van der Waals surface area contributed by atoms with Gasteiger partial charge >= 0.3 is 0 Å². The number of aromatic nitrogens is 1. The molecule has 2 aromatic heterocycles. The molecule has 54 heavy (non-hydrogen) atoms.